The quantitative estimate of drug-likeness (QED) is 0.803. The molecule has 0 spiro atoms. The lowest BCUT2D eigenvalue weighted by Crippen LogP contribution is -2.50. The molecule has 1 aromatic carbocycles. The van der Waals surface area contributed by atoms with Gasteiger partial charge in [-0.15, -0.1) is 0 Å². The summed E-state index contributed by atoms with van der Waals surface area (Å²) in [6.07, 6.45) is 1.47. The Morgan fingerprint density at radius 1 is 1.20 bits per heavy atom. The second-order valence-electron chi connectivity index (χ2n) is 6.14. The molecule has 1 rings (SSSR count). The van der Waals surface area contributed by atoms with E-state index in [4.69, 9.17) is 16.2 Å². The second kappa shape index (κ2) is 6.27. The molecule has 0 radical (unpaired) electrons. The number of ether oxygens (including phenoxy) is 1. The van der Waals surface area contributed by atoms with Crippen LogP contribution in [0.1, 0.15) is 46.1 Å². The largest absolute Gasteiger partial charge is 0.494 e. The Hall–Kier alpha value is -1.55. The SMILES string of the molecule is CCC(C)(C)c1ccc(OCCC(C)(N)C(N)=O)cc1. The molecule has 0 aliphatic rings. The highest BCUT2D eigenvalue weighted by atomic mass is 16.5. The summed E-state index contributed by atoms with van der Waals surface area (Å²) in [4.78, 5) is 11.1. The minimum Gasteiger partial charge on any atom is -0.494 e. The van der Waals surface area contributed by atoms with Gasteiger partial charge in [0.1, 0.15) is 5.75 Å². The molecule has 1 unspecified atom stereocenters. The zero-order valence-electron chi connectivity index (χ0n) is 12.9. The van der Waals surface area contributed by atoms with Crippen LogP contribution in [0.15, 0.2) is 24.3 Å². The number of carbonyl (C=O) groups excluding carboxylic acids is 1. The lowest BCUT2D eigenvalue weighted by atomic mass is 9.82. The van der Waals surface area contributed by atoms with E-state index in [9.17, 15) is 4.79 Å². The molecule has 20 heavy (non-hydrogen) atoms. The number of benzene rings is 1. The van der Waals surface area contributed by atoms with Gasteiger partial charge in [0.05, 0.1) is 12.1 Å². The molecule has 0 fully saturated rings. The maximum absolute atomic E-state index is 11.1. The van der Waals surface area contributed by atoms with Crippen molar-refractivity contribution in [1.82, 2.24) is 0 Å². The fourth-order valence-electron chi connectivity index (χ4n) is 1.71. The van der Waals surface area contributed by atoms with E-state index >= 15 is 0 Å². The lowest BCUT2D eigenvalue weighted by molar-refractivity contribution is -0.123. The highest BCUT2D eigenvalue weighted by Gasteiger charge is 2.25. The van der Waals surface area contributed by atoms with E-state index in [0.29, 0.717) is 13.0 Å². The van der Waals surface area contributed by atoms with Gasteiger partial charge in [-0.2, -0.15) is 0 Å². The Labute approximate surface area is 121 Å². The molecule has 0 heterocycles. The molecule has 1 aromatic rings. The summed E-state index contributed by atoms with van der Waals surface area (Å²) in [5.74, 6) is 0.266. The Bertz CT molecular complexity index is 450. The van der Waals surface area contributed by atoms with Crippen LogP contribution in [0, 0.1) is 0 Å². The van der Waals surface area contributed by atoms with E-state index in [1.54, 1.807) is 6.92 Å². The molecular formula is C16H26N2O2. The van der Waals surface area contributed by atoms with Crippen molar-refractivity contribution in [1.29, 1.82) is 0 Å². The van der Waals surface area contributed by atoms with Crippen LogP contribution in [0.25, 0.3) is 0 Å². The van der Waals surface area contributed by atoms with Gasteiger partial charge in [0, 0.05) is 6.42 Å². The first kappa shape index (κ1) is 16.5. The average Bonchev–Trinajstić information content (AvgIpc) is 2.39. The smallest absolute Gasteiger partial charge is 0.237 e. The normalized spacial score (nSPS) is 14.7. The Kier molecular flexibility index (Phi) is 5.17. The molecule has 0 aliphatic heterocycles. The highest BCUT2D eigenvalue weighted by Crippen LogP contribution is 2.28. The molecule has 0 aromatic heterocycles. The van der Waals surface area contributed by atoms with Crippen molar-refractivity contribution in [2.75, 3.05) is 6.61 Å². The van der Waals surface area contributed by atoms with Gasteiger partial charge in [-0.3, -0.25) is 4.79 Å². The molecule has 0 bridgehead atoms. The van der Waals surface area contributed by atoms with E-state index in [1.165, 1.54) is 5.56 Å². The van der Waals surface area contributed by atoms with Gasteiger partial charge < -0.3 is 16.2 Å². The van der Waals surface area contributed by atoms with Crippen molar-refractivity contribution in [2.24, 2.45) is 11.5 Å². The first-order chi connectivity index (χ1) is 9.19. The Morgan fingerprint density at radius 2 is 1.75 bits per heavy atom. The van der Waals surface area contributed by atoms with E-state index in [2.05, 4.69) is 32.9 Å². The molecule has 0 aliphatic carbocycles. The molecule has 0 saturated heterocycles. The summed E-state index contributed by atoms with van der Waals surface area (Å²) < 4.78 is 5.61. The minimum atomic E-state index is -1.02. The molecule has 4 nitrogen and oxygen atoms in total. The lowest BCUT2D eigenvalue weighted by Gasteiger charge is -2.23. The summed E-state index contributed by atoms with van der Waals surface area (Å²) in [6.45, 7) is 8.60. The fourth-order valence-corrected chi connectivity index (χ4v) is 1.71. The predicted octanol–water partition coefficient (Wildman–Crippen LogP) is 2.35. The van der Waals surface area contributed by atoms with Crippen LogP contribution in [-0.2, 0) is 10.2 Å². The van der Waals surface area contributed by atoms with Gasteiger partial charge in [0.2, 0.25) is 5.91 Å². The Balaban J connectivity index is 2.57. The standard InChI is InChI=1S/C16H26N2O2/c1-5-15(2,3)12-6-8-13(9-7-12)20-11-10-16(4,18)14(17)19/h6-9H,5,10-11,18H2,1-4H3,(H2,17,19). The fraction of sp³-hybridized carbons (Fsp3) is 0.562. The zero-order chi connectivity index (χ0) is 15.4. The van der Waals surface area contributed by atoms with Gasteiger partial charge >= 0.3 is 0 Å². The number of rotatable bonds is 7. The van der Waals surface area contributed by atoms with Gasteiger partial charge in [0.25, 0.3) is 0 Å². The topological polar surface area (TPSA) is 78.3 Å². The van der Waals surface area contributed by atoms with Crippen molar-refractivity contribution in [3.05, 3.63) is 29.8 Å². The first-order valence-electron chi connectivity index (χ1n) is 7.01. The number of carbonyl (C=O) groups is 1. The van der Waals surface area contributed by atoms with E-state index in [1.807, 2.05) is 12.1 Å². The van der Waals surface area contributed by atoms with Crippen molar-refractivity contribution in [3.8, 4) is 5.75 Å². The van der Waals surface area contributed by atoms with E-state index < -0.39 is 11.4 Å². The van der Waals surface area contributed by atoms with E-state index in [-0.39, 0.29) is 5.41 Å². The van der Waals surface area contributed by atoms with Crippen LogP contribution in [0.4, 0.5) is 0 Å². The second-order valence-corrected chi connectivity index (χ2v) is 6.14. The summed E-state index contributed by atoms with van der Waals surface area (Å²) in [6, 6.07) is 8.05. The Morgan fingerprint density at radius 3 is 2.20 bits per heavy atom. The first-order valence-corrected chi connectivity index (χ1v) is 7.01. The molecule has 4 N–H and O–H groups in total. The summed E-state index contributed by atoms with van der Waals surface area (Å²) in [7, 11) is 0. The van der Waals surface area contributed by atoms with Gasteiger partial charge in [-0.25, -0.2) is 0 Å². The van der Waals surface area contributed by atoms with Crippen molar-refractivity contribution < 1.29 is 9.53 Å². The van der Waals surface area contributed by atoms with E-state index in [0.717, 1.165) is 12.2 Å². The average molecular weight is 278 g/mol. The number of amides is 1. The van der Waals surface area contributed by atoms with Crippen LogP contribution in [-0.4, -0.2) is 18.1 Å². The van der Waals surface area contributed by atoms with Crippen LogP contribution < -0.4 is 16.2 Å². The van der Waals surface area contributed by atoms with Crippen molar-refractivity contribution in [2.45, 2.75) is 51.5 Å². The number of nitrogens with two attached hydrogens (primary N) is 2. The molecule has 1 atom stereocenters. The minimum absolute atomic E-state index is 0.167. The van der Waals surface area contributed by atoms with Crippen molar-refractivity contribution in [3.63, 3.8) is 0 Å². The third-order valence-corrected chi connectivity index (χ3v) is 3.97. The number of primary amides is 1. The molecular weight excluding hydrogens is 252 g/mol. The maximum atomic E-state index is 11.1. The van der Waals surface area contributed by atoms with Crippen LogP contribution in [0.2, 0.25) is 0 Å². The van der Waals surface area contributed by atoms with Crippen LogP contribution >= 0.6 is 0 Å². The van der Waals surface area contributed by atoms with Crippen molar-refractivity contribution >= 4 is 5.91 Å². The predicted molar refractivity (Wildman–Crippen MR) is 81.7 cm³/mol. The molecule has 4 heteroatoms. The summed E-state index contributed by atoms with van der Waals surface area (Å²) in [5, 5.41) is 0. The van der Waals surface area contributed by atoms with Gasteiger partial charge in [0.15, 0.2) is 0 Å². The summed E-state index contributed by atoms with van der Waals surface area (Å²) >= 11 is 0. The van der Waals surface area contributed by atoms with Gasteiger partial charge in [-0.1, -0.05) is 32.9 Å². The zero-order valence-corrected chi connectivity index (χ0v) is 12.9. The molecule has 0 saturated carbocycles. The summed E-state index contributed by atoms with van der Waals surface area (Å²) in [5.41, 5.74) is 11.4. The third kappa shape index (κ3) is 4.23. The third-order valence-electron chi connectivity index (χ3n) is 3.97. The number of hydrogen-bond donors (Lipinski definition) is 2. The number of hydrogen-bond acceptors (Lipinski definition) is 3. The van der Waals surface area contributed by atoms with Crippen LogP contribution in [0.3, 0.4) is 0 Å². The maximum Gasteiger partial charge on any atom is 0.237 e. The monoisotopic (exact) mass is 278 g/mol. The molecule has 112 valence electrons. The highest BCUT2D eigenvalue weighted by molar-refractivity contribution is 5.83. The van der Waals surface area contributed by atoms with Gasteiger partial charge in [-0.05, 0) is 36.5 Å². The molecule has 1 amide bonds. The van der Waals surface area contributed by atoms with Crippen LogP contribution in [0.5, 0.6) is 5.75 Å².